The Morgan fingerprint density at radius 2 is 2.16 bits per heavy atom. The Balaban J connectivity index is 1.33. The summed E-state index contributed by atoms with van der Waals surface area (Å²) in [6.45, 7) is 5.51. The van der Waals surface area contributed by atoms with Gasteiger partial charge < -0.3 is 5.32 Å². The van der Waals surface area contributed by atoms with Crippen molar-refractivity contribution in [1.82, 2.24) is 25.0 Å². The Labute approximate surface area is 190 Å². The molecular weight excluding hydrogens is 432 g/mol. The number of thiazole rings is 1. The van der Waals surface area contributed by atoms with Crippen LogP contribution in [0.25, 0.3) is 11.3 Å². The third-order valence-electron chi connectivity index (χ3n) is 5.21. The van der Waals surface area contributed by atoms with Gasteiger partial charge in [-0.1, -0.05) is 17.7 Å². The molecule has 1 unspecified atom stereocenters. The van der Waals surface area contributed by atoms with Crippen LogP contribution in [0, 0.1) is 11.3 Å². The molecule has 1 fully saturated rings. The van der Waals surface area contributed by atoms with E-state index in [0.717, 1.165) is 35.9 Å². The molecule has 31 heavy (non-hydrogen) atoms. The summed E-state index contributed by atoms with van der Waals surface area (Å²) in [4.78, 5) is 19.5. The van der Waals surface area contributed by atoms with E-state index in [0.29, 0.717) is 22.8 Å². The van der Waals surface area contributed by atoms with Gasteiger partial charge in [-0.2, -0.15) is 10.4 Å². The molecule has 1 saturated heterocycles. The SMILES string of the molecule is CC(Cn1ccc(-c2ccc(C#N)c(Cl)c2)n1)NC(=O)c1csc(CN2CCCC2)n1. The predicted octanol–water partition coefficient (Wildman–Crippen LogP) is 3.95. The molecule has 160 valence electrons. The maximum Gasteiger partial charge on any atom is 0.271 e. The number of hydrogen-bond donors (Lipinski definition) is 1. The molecule has 1 aromatic carbocycles. The minimum absolute atomic E-state index is 0.117. The fraction of sp³-hybridized carbons (Fsp3) is 0.364. The van der Waals surface area contributed by atoms with Gasteiger partial charge in [-0.15, -0.1) is 11.3 Å². The summed E-state index contributed by atoms with van der Waals surface area (Å²) >= 11 is 7.66. The van der Waals surface area contributed by atoms with Gasteiger partial charge in [-0.05, 0) is 51.1 Å². The second-order valence-electron chi connectivity index (χ2n) is 7.71. The number of benzene rings is 1. The molecule has 1 aliphatic heterocycles. The summed E-state index contributed by atoms with van der Waals surface area (Å²) in [6, 6.07) is 9.07. The van der Waals surface area contributed by atoms with E-state index in [1.807, 2.05) is 30.6 Å². The molecule has 0 radical (unpaired) electrons. The molecule has 3 heterocycles. The molecular formula is C22H23ClN6OS. The summed E-state index contributed by atoms with van der Waals surface area (Å²) in [7, 11) is 0. The highest BCUT2D eigenvalue weighted by Gasteiger charge is 2.17. The lowest BCUT2D eigenvalue weighted by molar-refractivity contribution is 0.0931. The first-order valence-electron chi connectivity index (χ1n) is 10.2. The van der Waals surface area contributed by atoms with Crippen molar-refractivity contribution in [3.8, 4) is 17.3 Å². The molecule has 1 atom stereocenters. The number of rotatable bonds is 7. The van der Waals surface area contributed by atoms with Crippen molar-refractivity contribution in [2.45, 2.75) is 38.9 Å². The zero-order chi connectivity index (χ0) is 21.8. The number of amides is 1. The molecule has 7 nitrogen and oxygen atoms in total. The van der Waals surface area contributed by atoms with Crippen molar-refractivity contribution in [2.75, 3.05) is 13.1 Å². The van der Waals surface area contributed by atoms with E-state index in [9.17, 15) is 4.79 Å². The third kappa shape index (κ3) is 5.31. The van der Waals surface area contributed by atoms with Crippen molar-refractivity contribution in [3.05, 3.63) is 57.1 Å². The highest BCUT2D eigenvalue weighted by molar-refractivity contribution is 7.09. The molecule has 4 rings (SSSR count). The number of likely N-dealkylation sites (tertiary alicyclic amines) is 1. The molecule has 0 bridgehead atoms. The van der Waals surface area contributed by atoms with E-state index >= 15 is 0 Å². The van der Waals surface area contributed by atoms with Gasteiger partial charge >= 0.3 is 0 Å². The molecule has 1 aliphatic rings. The minimum atomic E-state index is -0.164. The van der Waals surface area contributed by atoms with Crippen molar-refractivity contribution < 1.29 is 4.79 Å². The predicted molar refractivity (Wildman–Crippen MR) is 121 cm³/mol. The summed E-state index contributed by atoms with van der Waals surface area (Å²) in [6.07, 6.45) is 4.34. The molecule has 0 saturated carbocycles. The van der Waals surface area contributed by atoms with E-state index in [1.165, 1.54) is 24.2 Å². The van der Waals surface area contributed by atoms with E-state index in [-0.39, 0.29) is 11.9 Å². The zero-order valence-corrected chi connectivity index (χ0v) is 18.8. The fourth-order valence-corrected chi connectivity index (χ4v) is 4.66. The number of nitriles is 1. The summed E-state index contributed by atoms with van der Waals surface area (Å²) < 4.78 is 1.78. The largest absolute Gasteiger partial charge is 0.346 e. The van der Waals surface area contributed by atoms with Crippen LogP contribution in [0.15, 0.2) is 35.8 Å². The number of nitrogens with one attached hydrogen (secondary N) is 1. The van der Waals surface area contributed by atoms with Gasteiger partial charge in [-0.3, -0.25) is 14.4 Å². The monoisotopic (exact) mass is 454 g/mol. The maximum atomic E-state index is 12.6. The van der Waals surface area contributed by atoms with Gasteiger partial charge in [0, 0.05) is 23.2 Å². The summed E-state index contributed by atoms with van der Waals surface area (Å²) in [5.41, 5.74) is 2.51. The normalized spacial score (nSPS) is 15.0. The van der Waals surface area contributed by atoms with E-state index in [1.54, 1.807) is 16.8 Å². The topological polar surface area (TPSA) is 86.8 Å². The van der Waals surface area contributed by atoms with Crippen molar-refractivity contribution in [2.24, 2.45) is 0 Å². The first kappa shape index (κ1) is 21.5. The first-order chi connectivity index (χ1) is 15.0. The molecule has 1 amide bonds. The van der Waals surface area contributed by atoms with Crippen LogP contribution in [0.1, 0.15) is 40.8 Å². The van der Waals surface area contributed by atoms with Gasteiger partial charge in [0.15, 0.2) is 0 Å². The molecule has 2 aromatic heterocycles. The van der Waals surface area contributed by atoms with Crippen LogP contribution in [0.5, 0.6) is 0 Å². The molecule has 0 spiro atoms. The van der Waals surface area contributed by atoms with Crippen LogP contribution >= 0.6 is 22.9 Å². The lowest BCUT2D eigenvalue weighted by Crippen LogP contribution is -2.36. The molecule has 1 N–H and O–H groups in total. The number of carbonyl (C=O) groups excluding carboxylic acids is 1. The van der Waals surface area contributed by atoms with E-state index in [2.05, 4.69) is 26.4 Å². The van der Waals surface area contributed by atoms with Crippen molar-refractivity contribution >= 4 is 28.8 Å². The smallest absolute Gasteiger partial charge is 0.271 e. The molecule has 0 aliphatic carbocycles. The van der Waals surface area contributed by atoms with E-state index < -0.39 is 0 Å². The van der Waals surface area contributed by atoms with Crippen LogP contribution in [0.3, 0.4) is 0 Å². The lowest BCUT2D eigenvalue weighted by atomic mass is 10.1. The van der Waals surface area contributed by atoms with Crippen LogP contribution in [-0.4, -0.2) is 44.7 Å². The van der Waals surface area contributed by atoms with Gasteiger partial charge in [0.05, 0.1) is 29.4 Å². The number of aromatic nitrogens is 3. The van der Waals surface area contributed by atoms with Gasteiger partial charge in [0.1, 0.15) is 16.8 Å². The van der Waals surface area contributed by atoms with Gasteiger partial charge in [0.2, 0.25) is 0 Å². The second-order valence-corrected chi connectivity index (χ2v) is 9.06. The van der Waals surface area contributed by atoms with Crippen LogP contribution in [-0.2, 0) is 13.1 Å². The maximum absolute atomic E-state index is 12.6. The lowest BCUT2D eigenvalue weighted by Gasteiger charge is -2.13. The molecule has 3 aromatic rings. The Morgan fingerprint density at radius 3 is 2.90 bits per heavy atom. The van der Waals surface area contributed by atoms with Gasteiger partial charge in [0.25, 0.3) is 5.91 Å². The fourth-order valence-electron chi connectivity index (χ4n) is 3.63. The highest BCUT2D eigenvalue weighted by atomic mass is 35.5. The van der Waals surface area contributed by atoms with Gasteiger partial charge in [-0.25, -0.2) is 4.98 Å². The Kier molecular flexibility index (Phi) is 6.66. The Hall–Kier alpha value is -2.73. The molecule has 9 heteroatoms. The standard InChI is InChI=1S/C22H23ClN6OS/c1-15(25-22(30)20-14-31-21(26-20)13-28-7-2-3-8-28)12-29-9-6-19(27-29)16-4-5-17(11-24)18(23)10-16/h4-6,9-10,14-15H,2-3,7-8,12-13H2,1H3,(H,25,30). The average molecular weight is 455 g/mol. The van der Waals surface area contributed by atoms with Crippen LogP contribution in [0.2, 0.25) is 5.02 Å². The van der Waals surface area contributed by atoms with Crippen molar-refractivity contribution in [3.63, 3.8) is 0 Å². The summed E-state index contributed by atoms with van der Waals surface area (Å²) in [5.74, 6) is -0.164. The number of hydrogen-bond acceptors (Lipinski definition) is 6. The number of nitrogens with zero attached hydrogens (tertiary/aromatic N) is 5. The average Bonchev–Trinajstić information content (AvgIpc) is 3.50. The summed E-state index contributed by atoms with van der Waals surface area (Å²) in [5, 5.41) is 19.8. The first-order valence-corrected chi connectivity index (χ1v) is 11.5. The van der Waals surface area contributed by atoms with Crippen LogP contribution in [0.4, 0.5) is 0 Å². The van der Waals surface area contributed by atoms with E-state index in [4.69, 9.17) is 16.9 Å². The van der Waals surface area contributed by atoms with Crippen LogP contribution < -0.4 is 5.32 Å². The second kappa shape index (κ2) is 9.60. The zero-order valence-electron chi connectivity index (χ0n) is 17.2. The quantitative estimate of drug-likeness (QED) is 0.584. The minimum Gasteiger partial charge on any atom is -0.346 e. The van der Waals surface area contributed by atoms with Crippen molar-refractivity contribution in [1.29, 1.82) is 5.26 Å². The number of halogens is 1. The third-order valence-corrected chi connectivity index (χ3v) is 6.35. The Bertz CT molecular complexity index is 1110. The highest BCUT2D eigenvalue weighted by Crippen LogP contribution is 2.24. The Morgan fingerprint density at radius 1 is 1.35 bits per heavy atom. The number of carbonyl (C=O) groups is 1.